The van der Waals surface area contributed by atoms with E-state index in [1.165, 1.54) is 12.5 Å². The molecule has 0 spiro atoms. The first-order chi connectivity index (χ1) is 11.1. The van der Waals surface area contributed by atoms with E-state index in [9.17, 15) is 9.59 Å². The number of carbonyl (C=O) groups is 1. The molecular weight excluding hydrogens is 298 g/mol. The van der Waals surface area contributed by atoms with E-state index in [2.05, 4.69) is 39.2 Å². The van der Waals surface area contributed by atoms with Gasteiger partial charge in [0.1, 0.15) is 11.9 Å². The average Bonchev–Trinajstić information content (AvgIpc) is 3.14. The van der Waals surface area contributed by atoms with Crippen molar-refractivity contribution < 1.29 is 4.79 Å². The van der Waals surface area contributed by atoms with E-state index in [-0.39, 0.29) is 17.9 Å². The van der Waals surface area contributed by atoms with Crippen LogP contribution in [-0.4, -0.2) is 35.0 Å². The molecule has 23 heavy (non-hydrogen) atoms. The van der Waals surface area contributed by atoms with Crippen LogP contribution in [0.1, 0.15) is 29.9 Å². The van der Waals surface area contributed by atoms with Crippen LogP contribution in [0, 0.1) is 5.92 Å². The first-order valence-electron chi connectivity index (χ1n) is 7.24. The summed E-state index contributed by atoms with van der Waals surface area (Å²) in [6, 6.07) is 0. The molecule has 0 aliphatic rings. The molecule has 0 saturated heterocycles. The van der Waals surface area contributed by atoms with Gasteiger partial charge in [-0.15, -0.1) is 0 Å². The summed E-state index contributed by atoms with van der Waals surface area (Å²) in [6.45, 7) is 5.31. The summed E-state index contributed by atoms with van der Waals surface area (Å²) in [4.78, 5) is 36.3. The van der Waals surface area contributed by atoms with Crippen LogP contribution in [0.3, 0.4) is 0 Å². The molecule has 0 bridgehead atoms. The maximum Gasteiger partial charge on any atom is 0.286 e. The molecule has 3 aromatic heterocycles. The van der Waals surface area contributed by atoms with Gasteiger partial charge in [-0.1, -0.05) is 13.8 Å². The molecule has 0 aliphatic heterocycles. The van der Waals surface area contributed by atoms with Crippen LogP contribution in [0.4, 0.5) is 0 Å². The van der Waals surface area contributed by atoms with Crippen LogP contribution in [0.2, 0.25) is 0 Å². The molecule has 0 aromatic carbocycles. The minimum absolute atomic E-state index is 0.0401. The summed E-state index contributed by atoms with van der Waals surface area (Å²) in [7, 11) is 0. The molecule has 9 nitrogen and oxygen atoms in total. The number of hydrogen-bond acceptors (Lipinski definition) is 5. The van der Waals surface area contributed by atoms with Gasteiger partial charge < -0.3 is 9.88 Å². The Morgan fingerprint density at radius 1 is 1.35 bits per heavy atom. The second-order valence-corrected chi connectivity index (χ2v) is 5.61. The molecule has 2 N–H and O–H groups in total. The first kappa shape index (κ1) is 14.9. The fraction of sp³-hybridized carbons (Fsp3) is 0.357. The minimum atomic E-state index is -0.485. The Kier molecular flexibility index (Phi) is 3.92. The van der Waals surface area contributed by atoms with Crippen molar-refractivity contribution in [1.82, 2.24) is 34.4 Å². The highest BCUT2D eigenvalue weighted by atomic mass is 16.2. The lowest BCUT2D eigenvalue weighted by Gasteiger charge is -2.11. The Morgan fingerprint density at radius 3 is 2.96 bits per heavy atom. The van der Waals surface area contributed by atoms with E-state index >= 15 is 0 Å². The van der Waals surface area contributed by atoms with E-state index in [0.717, 1.165) is 16.8 Å². The largest absolute Gasteiger partial charge is 0.346 e. The predicted octanol–water partition coefficient (Wildman–Crippen LogP) is 0.200. The highest BCUT2D eigenvalue weighted by Crippen LogP contribution is 2.04. The zero-order chi connectivity index (χ0) is 16.4. The van der Waals surface area contributed by atoms with Crippen LogP contribution in [0.15, 0.2) is 29.8 Å². The number of hydrogen-bond donors (Lipinski definition) is 2. The van der Waals surface area contributed by atoms with Gasteiger partial charge in [-0.05, 0) is 5.92 Å². The Bertz CT molecular complexity index is 890. The summed E-state index contributed by atoms with van der Waals surface area (Å²) in [5.41, 5.74) is 0.352. The third-order valence-corrected chi connectivity index (χ3v) is 3.34. The van der Waals surface area contributed by atoms with E-state index in [1.54, 1.807) is 12.5 Å². The molecule has 1 amide bonds. The van der Waals surface area contributed by atoms with Crippen LogP contribution >= 0.6 is 0 Å². The summed E-state index contributed by atoms with van der Waals surface area (Å²) >= 11 is 0. The monoisotopic (exact) mass is 315 g/mol. The van der Waals surface area contributed by atoms with E-state index < -0.39 is 11.5 Å². The van der Waals surface area contributed by atoms with Crippen molar-refractivity contribution in [3.8, 4) is 0 Å². The highest BCUT2D eigenvalue weighted by Gasteiger charge is 2.15. The lowest BCUT2D eigenvalue weighted by atomic mass is 10.2. The van der Waals surface area contributed by atoms with Crippen LogP contribution < -0.4 is 10.9 Å². The van der Waals surface area contributed by atoms with Crippen molar-refractivity contribution in [2.45, 2.75) is 26.9 Å². The van der Waals surface area contributed by atoms with Crippen molar-refractivity contribution in [2.24, 2.45) is 5.92 Å². The summed E-state index contributed by atoms with van der Waals surface area (Å²) in [5.74, 6) is 0.209. The van der Waals surface area contributed by atoms with Crippen LogP contribution in [-0.2, 0) is 13.1 Å². The zero-order valence-electron chi connectivity index (χ0n) is 12.9. The summed E-state index contributed by atoms with van der Waals surface area (Å²) in [5, 5.41) is 5.35. The van der Waals surface area contributed by atoms with Gasteiger partial charge in [0.15, 0.2) is 0 Å². The molecule has 3 heterocycles. The summed E-state index contributed by atoms with van der Waals surface area (Å²) < 4.78 is 3.10. The fourth-order valence-corrected chi connectivity index (χ4v) is 2.27. The van der Waals surface area contributed by atoms with E-state index in [1.807, 2.05) is 4.57 Å². The quantitative estimate of drug-likeness (QED) is 0.699. The topological polar surface area (TPSA) is 110 Å². The van der Waals surface area contributed by atoms with Crippen molar-refractivity contribution in [2.75, 3.05) is 0 Å². The molecule has 3 aromatic rings. The van der Waals surface area contributed by atoms with Gasteiger partial charge in [-0.2, -0.15) is 4.52 Å². The molecule has 120 valence electrons. The van der Waals surface area contributed by atoms with Crippen LogP contribution in [0.25, 0.3) is 5.78 Å². The minimum Gasteiger partial charge on any atom is -0.346 e. The fourth-order valence-electron chi connectivity index (χ4n) is 2.27. The number of amides is 1. The van der Waals surface area contributed by atoms with Gasteiger partial charge in [0.05, 0.1) is 18.6 Å². The molecular formula is C14H17N7O2. The Hall–Kier alpha value is -2.97. The van der Waals surface area contributed by atoms with Crippen molar-refractivity contribution >= 4 is 11.7 Å². The molecule has 0 fully saturated rings. The zero-order valence-corrected chi connectivity index (χ0v) is 12.9. The molecule has 0 saturated carbocycles. The van der Waals surface area contributed by atoms with Gasteiger partial charge in [0.2, 0.25) is 0 Å². The number of carbonyl (C=O) groups excluding carboxylic acids is 1. The van der Waals surface area contributed by atoms with E-state index in [0.29, 0.717) is 5.92 Å². The third kappa shape index (κ3) is 2.98. The molecule has 0 unspecified atom stereocenters. The van der Waals surface area contributed by atoms with Gasteiger partial charge in [0, 0.05) is 18.9 Å². The number of nitrogens with zero attached hydrogens (tertiary/aromatic N) is 5. The van der Waals surface area contributed by atoms with Gasteiger partial charge in [0.25, 0.3) is 17.2 Å². The molecule has 9 heteroatoms. The lowest BCUT2D eigenvalue weighted by molar-refractivity contribution is 0.0948. The lowest BCUT2D eigenvalue weighted by Crippen LogP contribution is -2.32. The molecule has 0 aliphatic carbocycles. The maximum absolute atomic E-state index is 12.2. The molecule has 3 rings (SSSR count). The predicted molar refractivity (Wildman–Crippen MR) is 81.8 cm³/mol. The number of aromatic amines is 1. The number of rotatable bonds is 5. The van der Waals surface area contributed by atoms with Gasteiger partial charge >= 0.3 is 0 Å². The Morgan fingerprint density at radius 2 is 2.17 bits per heavy atom. The Balaban J connectivity index is 1.75. The number of fused-ring (bicyclic) bond motifs is 1. The first-order valence-corrected chi connectivity index (χ1v) is 7.24. The summed E-state index contributed by atoms with van der Waals surface area (Å²) in [6.07, 6.45) is 6.01. The second-order valence-electron chi connectivity index (χ2n) is 5.61. The van der Waals surface area contributed by atoms with E-state index in [4.69, 9.17) is 0 Å². The number of imidazole rings is 1. The SMILES string of the molecule is CC(C)Cn1cncc1CNC(=O)c1cnc2nc[nH]n2c1=O. The van der Waals surface area contributed by atoms with Gasteiger partial charge in [-0.25, -0.2) is 15.0 Å². The van der Waals surface area contributed by atoms with Crippen LogP contribution in [0.5, 0.6) is 0 Å². The van der Waals surface area contributed by atoms with Gasteiger partial charge in [-0.3, -0.25) is 14.7 Å². The smallest absolute Gasteiger partial charge is 0.286 e. The average molecular weight is 315 g/mol. The number of H-pyrrole nitrogens is 1. The molecule has 0 atom stereocenters. The number of aromatic nitrogens is 6. The maximum atomic E-state index is 12.2. The Labute approximate surface area is 131 Å². The van der Waals surface area contributed by atoms with Crippen molar-refractivity contribution in [3.63, 3.8) is 0 Å². The standard InChI is InChI=1S/C14H17N7O2/c1-9(2)6-20-8-15-3-10(20)4-16-12(22)11-5-17-14-18-7-19-21(14)13(11)23/h3,5,7-9H,4,6H2,1-2H3,(H,16,22)(H,17,18,19). The third-order valence-electron chi connectivity index (χ3n) is 3.34. The normalized spacial score (nSPS) is 11.3. The van der Waals surface area contributed by atoms with Crippen molar-refractivity contribution in [3.05, 3.63) is 46.7 Å². The molecule has 0 radical (unpaired) electrons. The van der Waals surface area contributed by atoms with Crippen molar-refractivity contribution in [1.29, 1.82) is 0 Å². The number of nitrogens with one attached hydrogen (secondary N) is 2. The second kappa shape index (κ2) is 6.03. The highest BCUT2D eigenvalue weighted by molar-refractivity contribution is 5.93.